The molecule has 0 bridgehead atoms. The van der Waals surface area contributed by atoms with Gasteiger partial charge in [-0.1, -0.05) is 97.1 Å². The van der Waals surface area contributed by atoms with E-state index in [0.29, 0.717) is 0 Å². The lowest BCUT2D eigenvalue weighted by Crippen LogP contribution is -2.00. The molecule has 0 aliphatic heterocycles. The highest BCUT2D eigenvalue weighted by Gasteiger charge is 2.13. The molecule has 4 rings (SSSR count). The molecule has 0 unspecified atom stereocenters. The quantitative estimate of drug-likeness (QED) is 0.426. The first-order valence-electron chi connectivity index (χ1n) is 9.76. The Kier molecular flexibility index (Phi) is 5.65. The molecule has 0 atom stereocenters. The number of aryl methyl sites for hydroxylation is 2. The third kappa shape index (κ3) is 4.05. The minimum absolute atomic E-state index is 0.0310. The Bertz CT molecular complexity index is 1020. The summed E-state index contributed by atoms with van der Waals surface area (Å²) in [5.41, 5.74) is 8.26. The van der Waals surface area contributed by atoms with Gasteiger partial charge in [-0.15, -0.1) is 0 Å². The molecule has 0 aliphatic carbocycles. The Balaban J connectivity index is 1.81. The van der Waals surface area contributed by atoms with Crippen LogP contribution in [0, 0.1) is 0 Å². The van der Waals surface area contributed by atoms with Crippen molar-refractivity contribution < 1.29 is 5.11 Å². The summed E-state index contributed by atoms with van der Waals surface area (Å²) in [5.74, 6) is 0. The van der Waals surface area contributed by atoms with Gasteiger partial charge in [0, 0.05) is 0 Å². The highest BCUT2D eigenvalue weighted by molar-refractivity contribution is 5.77. The number of hydrogen-bond donors (Lipinski definition) is 1. The van der Waals surface area contributed by atoms with Crippen molar-refractivity contribution in [1.82, 2.24) is 0 Å². The van der Waals surface area contributed by atoms with Gasteiger partial charge in [-0.05, 0) is 57.9 Å². The number of rotatable bonds is 6. The van der Waals surface area contributed by atoms with Gasteiger partial charge in [-0.2, -0.15) is 0 Å². The Labute approximate surface area is 166 Å². The van der Waals surface area contributed by atoms with E-state index >= 15 is 0 Å². The van der Waals surface area contributed by atoms with E-state index < -0.39 is 0 Å². The van der Waals surface area contributed by atoms with E-state index in [0.717, 1.165) is 29.5 Å². The van der Waals surface area contributed by atoms with E-state index in [4.69, 9.17) is 0 Å². The molecule has 28 heavy (non-hydrogen) atoms. The molecule has 1 heteroatoms. The van der Waals surface area contributed by atoms with Crippen molar-refractivity contribution in [2.24, 2.45) is 0 Å². The first-order chi connectivity index (χ1) is 13.8. The summed E-state index contributed by atoms with van der Waals surface area (Å²) >= 11 is 0. The maximum absolute atomic E-state index is 10.2. The first-order valence-corrected chi connectivity index (χ1v) is 9.76. The van der Waals surface area contributed by atoms with Crippen LogP contribution in [0.4, 0.5) is 0 Å². The zero-order valence-electron chi connectivity index (χ0n) is 15.9. The lowest BCUT2D eigenvalue weighted by Gasteiger charge is -2.17. The fraction of sp³-hybridized carbons (Fsp3) is 0.111. The smallest absolute Gasteiger partial charge is 0.0688 e. The molecule has 0 fully saturated rings. The molecule has 0 aromatic heterocycles. The van der Waals surface area contributed by atoms with E-state index in [1.54, 1.807) is 0 Å². The number of aliphatic hydroxyl groups excluding tert-OH is 1. The normalized spacial score (nSPS) is 10.8. The van der Waals surface area contributed by atoms with Gasteiger partial charge >= 0.3 is 0 Å². The minimum Gasteiger partial charge on any atom is -0.392 e. The molecule has 4 aromatic rings. The molecule has 138 valence electrons. The molecule has 0 radical (unpaired) electrons. The molecule has 1 N–H and O–H groups in total. The van der Waals surface area contributed by atoms with Crippen molar-refractivity contribution in [2.75, 3.05) is 0 Å². The molecule has 0 saturated heterocycles. The van der Waals surface area contributed by atoms with Gasteiger partial charge in [0.25, 0.3) is 0 Å². The van der Waals surface area contributed by atoms with Gasteiger partial charge in [0.05, 0.1) is 6.61 Å². The molecule has 0 saturated carbocycles. The lowest BCUT2D eigenvalue weighted by molar-refractivity contribution is 0.282. The Hall–Kier alpha value is -3.16. The molecule has 4 aromatic carbocycles. The van der Waals surface area contributed by atoms with Crippen molar-refractivity contribution in [3.63, 3.8) is 0 Å². The van der Waals surface area contributed by atoms with Crippen LogP contribution in [0.3, 0.4) is 0 Å². The average molecular weight is 364 g/mol. The van der Waals surface area contributed by atoms with Crippen LogP contribution in [-0.2, 0) is 19.4 Å². The van der Waals surface area contributed by atoms with E-state index in [-0.39, 0.29) is 6.61 Å². The van der Waals surface area contributed by atoms with Gasteiger partial charge in [-0.25, -0.2) is 0 Å². The van der Waals surface area contributed by atoms with E-state index in [1.807, 2.05) is 12.1 Å². The first kappa shape index (κ1) is 18.2. The van der Waals surface area contributed by atoms with Crippen molar-refractivity contribution >= 4 is 0 Å². The monoisotopic (exact) mass is 364 g/mol. The Morgan fingerprint density at radius 3 is 1.64 bits per heavy atom. The summed E-state index contributed by atoms with van der Waals surface area (Å²) in [6.07, 6.45) is 1.91. The number of aliphatic hydroxyl groups is 1. The topological polar surface area (TPSA) is 20.2 Å². The van der Waals surface area contributed by atoms with Crippen molar-refractivity contribution in [2.45, 2.75) is 19.4 Å². The fourth-order valence-corrected chi connectivity index (χ4v) is 3.79. The molecular formula is C27H24O. The van der Waals surface area contributed by atoms with Gasteiger partial charge in [0.2, 0.25) is 0 Å². The number of benzene rings is 4. The standard InChI is InChI=1S/C27H24O/c28-20-26-19-25(22-12-6-2-7-13-22)18-24(17-16-21-10-4-1-5-11-21)27(26)23-14-8-3-9-15-23/h1-15,18-19,28H,16-17,20H2. The van der Waals surface area contributed by atoms with Gasteiger partial charge in [0.15, 0.2) is 0 Å². The summed E-state index contributed by atoms with van der Waals surface area (Å²) in [6, 6.07) is 35.8. The highest BCUT2D eigenvalue weighted by atomic mass is 16.3. The summed E-state index contributed by atoms with van der Waals surface area (Å²) < 4.78 is 0. The van der Waals surface area contributed by atoms with Crippen LogP contribution in [0.5, 0.6) is 0 Å². The largest absolute Gasteiger partial charge is 0.392 e. The predicted molar refractivity (Wildman–Crippen MR) is 117 cm³/mol. The molecule has 1 nitrogen and oxygen atoms in total. The van der Waals surface area contributed by atoms with E-state index in [1.165, 1.54) is 22.3 Å². The second-order valence-corrected chi connectivity index (χ2v) is 7.05. The van der Waals surface area contributed by atoms with Crippen LogP contribution < -0.4 is 0 Å². The average Bonchev–Trinajstić information content (AvgIpc) is 2.79. The fourth-order valence-electron chi connectivity index (χ4n) is 3.79. The van der Waals surface area contributed by atoms with Crippen LogP contribution in [0.25, 0.3) is 22.3 Å². The third-order valence-electron chi connectivity index (χ3n) is 5.17. The van der Waals surface area contributed by atoms with Crippen LogP contribution in [0.2, 0.25) is 0 Å². The predicted octanol–water partition coefficient (Wildman–Crippen LogP) is 6.30. The van der Waals surface area contributed by atoms with Crippen molar-refractivity contribution in [3.05, 3.63) is 120 Å². The molecule has 0 amide bonds. The minimum atomic E-state index is 0.0310. The highest BCUT2D eigenvalue weighted by Crippen LogP contribution is 2.34. The summed E-state index contributed by atoms with van der Waals surface area (Å²) in [6.45, 7) is 0.0310. The zero-order chi connectivity index (χ0) is 19.2. The Morgan fingerprint density at radius 2 is 1.04 bits per heavy atom. The lowest BCUT2D eigenvalue weighted by atomic mass is 9.88. The third-order valence-corrected chi connectivity index (χ3v) is 5.17. The maximum Gasteiger partial charge on any atom is 0.0688 e. The van der Waals surface area contributed by atoms with Gasteiger partial charge in [-0.3, -0.25) is 0 Å². The van der Waals surface area contributed by atoms with Crippen LogP contribution >= 0.6 is 0 Å². The van der Waals surface area contributed by atoms with Crippen molar-refractivity contribution in [3.8, 4) is 22.3 Å². The van der Waals surface area contributed by atoms with Crippen LogP contribution in [-0.4, -0.2) is 5.11 Å². The summed E-state index contributed by atoms with van der Waals surface area (Å²) in [7, 11) is 0. The summed E-state index contributed by atoms with van der Waals surface area (Å²) in [5, 5.41) is 10.2. The Morgan fingerprint density at radius 1 is 0.500 bits per heavy atom. The SMILES string of the molecule is OCc1cc(-c2ccccc2)cc(CCc2ccccc2)c1-c1ccccc1. The second-order valence-electron chi connectivity index (χ2n) is 7.05. The molecule has 0 spiro atoms. The zero-order valence-corrected chi connectivity index (χ0v) is 15.9. The van der Waals surface area contributed by atoms with E-state index in [9.17, 15) is 5.11 Å². The van der Waals surface area contributed by atoms with Crippen LogP contribution in [0.1, 0.15) is 16.7 Å². The summed E-state index contributed by atoms with van der Waals surface area (Å²) in [4.78, 5) is 0. The van der Waals surface area contributed by atoms with Crippen molar-refractivity contribution in [1.29, 1.82) is 0 Å². The number of hydrogen-bond acceptors (Lipinski definition) is 1. The molecule has 0 aliphatic rings. The van der Waals surface area contributed by atoms with Crippen LogP contribution in [0.15, 0.2) is 103 Å². The van der Waals surface area contributed by atoms with Gasteiger partial charge in [0.1, 0.15) is 0 Å². The van der Waals surface area contributed by atoms with E-state index in [2.05, 4.69) is 91.0 Å². The maximum atomic E-state index is 10.2. The molecule has 0 heterocycles. The molecular weight excluding hydrogens is 340 g/mol. The van der Waals surface area contributed by atoms with Gasteiger partial charge < -0.3 is 5.11 Å². The second kappa shape index (κ2) is 8.69.